The lowest BCUT2D eigenvalue weighted by molar-refractivity contribution is -0.154. The molecule has 0 saturated heterocycles. The molecular weight excluding hydrogens is 354 g/mol. The third kappa shape index (κ3) is 2.97. The van der Waals surface area contributed by atoms with E-state index in [0.717, 1.165) is 10.8 Å². The molecule has 2 amide bonds. The van der Waals surface area contributed by atoms with E-state index < -0.39 is 28.3 Å². The van der Waals surface area contributed by atoms with Crippen LogP contribution in [0.3, 0.4) is 0 Å². The monoisotopic (exact) mass is 376 g/mol. The molecule has 0 aliphatic rings. The molecule has 0 spiro atoms. The number of fused-ring (bicyclic) bond motifs is 1. The van der Waals surface area contributed by atoms with E-state index in [9.17, 15) is 19.5 Å². The first-order valence-electron chi connectivity index (χ1n) is 8.04. The number of carboxylic acids is 1. The van der Waals surface area contributed by atoms with Crippen LogP contribution in [0.15, 0.2) is 30.3 Å². The van der Waals surface area contributed by atoms with Gasteiger partial charge in [-0.2, -0.15) is 17.1 Å². The second-order valence-corrected chi connectivity index (χ2v) is 6.46. The molecule has 0 heterocycles. The van der Waals surface area contributed by atoms with E-state index >= 15 is 0 Å². The molecule has 0 unspecified atom stereocenters. The lowest BCUT2D eigenvalue weighted by atomic mass is 9.99. The minimum atomic E-state index is -1.32. The molecular formula is C19H22NO5S+. The van der Waals surface area contributed by atoms with Gasteiger partial charge in [0, 0.05) is 11.6 Å². The van der Waals surface area contributed by atoms with Crippen LogP contribution in [0.5, 0.6) is 5.75 Å². The summed E-state index contributed by atoms with van der Waals surface area (Å²) in [4.78, 5) is 37.1. The highest BCUT2D eigenvalue weighted by Crippen LogP contribution is 2.37. The van der Waals surface area contributed by atoms with Crippen LogP contribution in [0, 0.1) is 6.92 Å². The number of ether oxygens (including phenoxy) is 1. The summed E-state index contributed by atoms with van der Waals surface area (Å²) < 4.78 is 4.31. The van der Waals surface area contributed by atoms with Crippen LogP contribution in [-0.4, -0.2) is 41.8 Å². The molecule has 0 bridgehead atoms. The van der Waals surface area contributed by atoms with Gasteiger partial charge in [-0.1, -0.05) is 6.07 Å². The molecule has 0 aliphatic heterocycles. The van der Waals surface area contributed by atoms with E-state index in [2.05, 4.69) is 12.6 Å². The Morgan fingerprint density at radius 3 is 2.23 bits per heavy atom. The van der Waals surface area contributed by atoms with Gasteiger partial charge in [0.1, 0.15) is 5.75 Å². The highest BCUT2D eigenvalue weighted by Gasteiger charge is 2.53. The van der Waals surface area contributed by atoms with Crippen molar-refractivity contribution in [3.8, 4) is 5.75 Å². The van der Waals surface area contributed by atoms with Crippen LogP contribution in [0.2, 0.25) is 0 Å². The molecule has 2 aromatic rings. The van der Waals surface area contributed by atoms with Gasteiger partial charge >= 0.3 is 17.8 Å². The molecule has 0 saturated carbocycles. The maximum atomic E-state index is 12.6. The second kappa shape index (κ2) is 7.47. The van der Waals surface area contributed by atoms with E-state index in [4.69, 9.17) is 4.74 Å². The van der Waals surface area contributed by atoms with Crippen LogP contribution in [0.4, 0.5) is 5.69 Å². The molecule has 0 aliphatic carbocycles. The first kappa shape index (κ1) is 19.9. The molecule has 0 fully saturated rings. The van der Waals surface area contributed by atoms with Gasteiger partial charge in [0.05, 0.1) is 26.7 Å². The zero-order valence-electron chi connectivity index (χ0n) is 15.1. The summed E-state index contributed by atoms with van der Waals surface area (Å²) in [7, 11) is 1.57. The Bertz CT molecular complexity index is 879. The first-order valence-corrected chi connectivity index (χ1v) is 8.67. The third-order valence-corrected chi connectivity index (χ3v) is 5.11. The number of thiol groups is 1. The summed E-state index contributed by atoms with van der Waals surface area (Å²) in [5.41, 5.74) is 1.02. The number of aliphatic carboxylic acids is 1. The molecule has 26 heavy (non-hydrogen) atoms. The summed E-state index contributed by atoms with van der Waals surface area (Å²) in [6.45, 7) is 4.25. The summed E-state index contributed by atoms with van der Waals surface area (Å²) in [6, 6.07) is 7.54. The van der Waals surface area contributed by atoms with Gasteiger partial charge in [-0.25, -0.2) is 14.4 Å². The fourth-order valence-electron chi connectivity index (χ4n) is 3.49. The van der Waals surface area contributed by atoms with E-state index in [1.165, 1.54) is 13.8 Å². The molecule has 1 atom stereocenters. The maximum absolute atomic E-state index is 12.6. The number of amides is 2. The quantitative estimate of drug-likeness (QED) is 0.619. The van der Waals surface area contributed by atoms with Gasteiger partial charge in [0.2, 0.25) is 6.04 Å². The Morgan fingerprint density at radius 2 is 1.77 bits per heavy atom. The number of methoxy groups -OCH3 is 1. The van der Waals surface area contributed by atoms with Gasteiger partial charge in [-0.05, 0) is 35.9 Å². The number of carbonyl (C=O) groups is 3. The Morgan fingerprint density at radius 1 is 1.15 bits per heavy atom. The van der Waals surface area contributed by atoms with Crippen LogP contribution in [-0.2, 0) is 14.4 Å². The average molecular weight is 376 g/mol. The molecule has 6 nitrogen and oxygen atoms in total. The number of hydrogen-bond donors (Lipinski definition) is 2. The predicted molar refractivity (Wildman–Crippen MR) is 104 cm³/mol. The van der Waals surface area contributed by atoms with Crippen molar-refractivity contribution >= 4 is 46.9 Å². The number of rotatable bonds is 5. The SMILES string of the molecule is COc1ccc2c(C)c([N+](C(C)=O)(C(C)=O)[C@H](CS)C(=O)O)ccc2c1. The minimum Gasteiger partial charge on any atom is -0.497 e. The summed E-state index contributed by atoms with van der Waals surface area (Å²) in [5, 5.41) is 11.3. The van der Waals surface area contributed by atoms with Crippen molar-refractivity contribution < 1.29 is 24.2 Å². The number of benzene rings is 2. The number of quaternary nitrogens is 1. The predicted octanol–water partition coefficient (Wildman–Crippen LogP) is 2.94. The lowest BCUT2D eigenvalue weighted by Crippen LogP contribution is -2.66. The molecule has 2 aromatic carbocycles. The van der Waals surface area contributed by atoms with Gasteiger partial charge in [-0.15, -0.1) is 0 Å². The smallest absolute Gasteiger partial charge is 0.364 e. The number of imide groups is 1. The molecule has 7 heteroatoms. The maximum Gasteiger partial charge on any atom is 0.364 e. The fourth-order valence-corrected chi connectivity index (χ4v) is 3.90. The Balaban J connectivity index is 2.89. The van der Waals surface area contributed by atoms with Crippen LogP contribution in [0.25, 0.3) is 10.8 Å². The number of carbonyl (C=O) groups excluding carboxylic acids is 2. The zero-order valence-corrected chi connectivity index (χ0v) is 16.0. The lowest BCUT2D eigenvalue weighted by Gasteiger charge is -2.36. The van der Waals surface area contributed by atoms with Crippen LogP contribution in [0.1, 0.15) is 19.4 Å². The topological polar surface area (TPSA) is 80.7 Å². The Hall–Kier alpha value is -2.38. The highest BCUT2D eigenvalue weighted by atomic mass is 32.1. The van der Waals surface area contributed by atoms with Gasteiger partial charge < -0.3 is 9.84 Å². The van der Waals surface area contributed by atoms with Crippen molar-refractivity contribution in [2.45, 2.75) is 26.8 Å². The van der Waals surface area contributed by atoms with Crippen molar-refractivity contribution in [1.82, 2.24) is 4.48 Å². The largest absolute Gasteiger partial charge is 0.497 e. The number of hydrogen-bond acceptors (Lipinski definition) is 5. The zero-order chi connectivity index (χ0) is 19.6. The number of carboxylic acid groups (broad SMARTS) is 1. The molecule has 0 radical (unpaired) electrons. The van der Waals surface area contributed by atoms with Gasteiger partial charge in [0.25, 0.3) is 0 Å². The fraction of sp³-hybridized carbons (Fsp3) is 0.316. The van der Waals surface area contributed by atoms with Crippen LogP contribution >= 0.6 is 12.6 Å². The average Bonchev–Trinajstić information content (AvgIpc) is 2.59. The Kier molecular flexibility index (Phi) is 5.73. The van der Waals surface area contributed by atoms with Gasteiger partial charge in [-0.3, -0.25) is 0 Å². The molecule has 1 N–H and O–H groups in total. The summed E-state index contributed by atoms with van der Waals surface area (Å²) in [5.74, 6) is -1.85. The van der Waals surface area contributed by atoms with E-state index in [-0.39, 0.29) is 5.75 Å². The third-order valence-electron chi connectivity index (χ3n) is 4.77. The van der Waals surface area contributed by atoms with E-state index in [1.807, 2.05) is 12.1 Å². The van der Waals surface area contributed by atoms with Gasteiger partial charge in [0.15, 0.2) is 5.69 Å². The Labute approximate surface area is 157 Å². The van der Waals surface area contributed by atoms with Crippen molar-refractivity contribution in [2.75, 3.05) is 12.9 Å². The number of nitrogens with zero attached hydrogens (tertiary/aromatic N) is 1. The van der Waals surface area contributed by atoms with Crippen molar-refractivity contribution in [3.05, 3.63) is 35.9 Å². The molecule has 0 aromatic heterocycles. The first-order chi connectivity index (χ1) is 12.2. The van der Waals surface area contributed by atoms with Crippen molar-refractivity contribution in [2.24, 2.45) is 0 Å². The second-order valence-electron chi connectivity index (χ2n) is 6.09. The standard InChI is InChI=1S/C19H21NO5S/c1-11-16-7-6-15(25-4)9-14(16)5-8-17(11)20(12(2)21,13(3)22)18(10-26)19(23)24/h5-9,18H,10H2,1-4H3,(H-,23,24,26)/p+1/t18-/m1/s1. The van der Waals surface area contributed by atoms with E-state index in [1.54, 1.807) is 32.2 Å². The molecule has 2 rings (SSSR count). The summed E-state index contributed by atoms with van der Waals surface area (Å²) >= 11 is 4.10. The summed E-state index contributed by atoms with van der Waals surface area (Å²) in [6.07, 6.45) is 0. The highest BCUT2D eigenvalue weighted by molar-refractivity contribution is 7.80. The van der Waals surface area contributed by atoms with Crippen LogP contribution < -0.4 is 9.22 Å². The van der Waals surface area contributed by atoms with Crippen molar-refractivity contribution in [1.29, 1.82) is 0 Å². The molecule has 138 valence electrons. The normalized spacial score (nSPS) is 12.7. The van der Waals surface area contributed by atoms with E-state index in [0.29, 0.717) is 17.0 Å². The minimum absolute atomic E-state index is 0.158. The number of aryl methyl sites for hydroxylation is 1. The van der Waals surface area contributed by atoms with Crippen molar-refractivity contribution in [3.63, 3.8) is 0 Å².